The number of nitrogens with zero attached hydrogens (tertiary/aromatic N) is 3. The molecule has 1 atom stereocenters. The number of carbonyl (C=O) groups excluding carboxylic acids is 1. The normalized spacial score (nSPS) is 17.9. The van der Waals surface area contributed by atoms with Crippen LogP contribution in [0.2, 0.25) is 0 Å². The zero-order valence-corrected chi connectivity index (χ0v) is 13.2. The monoisotopic (exact) mass is 275 g/mol. The number of hydrogen-bond acceptors (Lipinski definition) is 3. The van der Waals surface area contributed by atoms with Gasteiger partial charge in [0.1, 0.15) is 0 Å². The SMILES string of the molecule is CC(N(C)C(=O)c1ccc(CN(C)C)nc1)C1(C)CC1. The largest absolute Gasteiger partial charge is 0.338 e. The lowest BCUT2D eigenvalue weighted by Gasteiger charge is -2.30. The number of rotatable bonds is 5. The van der Waals surface area contributed by atoms with Crippen molar-refractivity contribution in [3.05, 3.63) is 29.6 Å². The second kappa shape index (κ2) is 5.52. The summed E-state index contributed by atoms with van der Waals surface area (Å²) in [5.74, 6) is 0.0644. The van der Waals surface area contributed by atoms with Gasteiger partial charge < -0.3 is 9.80 Å². The van der Waals surface area contributed by atoms with Crippen LogP contribution in [0.25, 0.3) is 0 Å². The minimum absolute atomic E-state index is 0.0644. The van der Waals surface area contributed by atoms with Crippen molar-refractivity contribution in [1.29, 1.82) is 0 Å². The van der Waals surface area contributed by atoms with Crippen LogP contribution in [0.4, 0.5) is 0 Å². The molecule has 1 aliphatic carbocycles. The third kappa shape index (κ3) is 3.18. The first-order chi connectivity index (χ1) is 9.33. The molecule has 0 N–H and O–H groups in total. The molecule has 1 saturated carbocycles. The highest BCUT2D eigenvalue weighted by Gasteiger charge is 2.45. The van der Waals surface area contributed by atoms with E-state index in [4.69, 9.17) is 0 Å². The van der Waals surface area contributed by atoms with E-state index in [1.165, 1.54) is 12.8 Å². The molecular formula is C16H25N3O. The summed E-state index contributed by atoms with van der Waals surface area (Å²) in [7, 11) is 5.91. The van der Waals surface area contributed by atoms with Gasteiger partial charge in [-0.3, -0.25) is 9.78 Å². The van der Waals surface area contributed by atoms with Crippen LogP contribution >= 0.6 is 0 Å². The first kappa shape index (κ1) is 15.0. The lowest BCUT2D eigenvalue weighted by Crippen LogP contribution is -2.40. The predicted octanol–water partition coefficient (Wildman–Crippen LogP) is 2.40. The average Bonchev–Trinajstić information content (AvgIpc) is 3.16. The van der Waals surface area contributed by atoms with Crippen LogP contribution in [0.15, 0.2) is 18.3 Å². The highest BCUT2D eigenvalue weighted by Crippen LogP contribution is 2.49. The maximum atomic E-state index is 12.5. The van der Waals surface area contributed by atoms with Gasteiger partial charge in [0.05, 0.1) is 11.3 Å². The van der Waals surface area contributed by atoms with Crippen molar-refractivity contribution in [2.24, 2.45) is 5.41 Å². The number of hydrogen-bond donors (Lipinski definition) is 0. The Morgan fingerprint density at radius 1 is 1.35 bits per heavy atom. The van der Waals surface area contributed by atoms with E-state index >= 15 is 0 Å². The highest BCUT2D eigenvalue weighted by molar-refractivity contribution is 5.94. The molecule has 0 radical (unpaired) electrons. The summed E-state index contributed by atoms with van der Waals surface area (Å²) in [6.45, 7) is 5.18. The van der Waals surface area contributed by atoms with E-state index < -0.39 is 0 Å². The van der Waals surface area contributed by atoms with Gasteiger partial charge in [-0.05, 0) is 51.4 Å². The second-order valence-electron chi connectivity index (χ2n) is 6.52. The van der Waals surface area contributed by atoms with Crippen molar-refractivity contribution in [1.82, 2.24) is 14.8 Å². The maximum Gasteiger partial charge on any atom is 0.255 e. The van der Waals surface area contributed by atoms with Crippen LogP contribution < -0.4 is 0 Å². The van der Waals surface area contributed by atoms with Crippen molar-refractivity contribution in [2.45, 2.75) is 39.3 Å². The summed E-state index contributed by atoms with van der Waals surface area (Å²) in [5, 5.41) is 0. The molecule has 0 saturated heterocycles. The zero-order chi connectivity index (χ0) is 14.9. The number of pyridine rings is 1. The van der Waals surface area contributed by atoms with Crippen LogP contribution in [-0.4, -0.2) is 47.9 Å². The van der Waals surface area contributed by atoms with Gasteiger partial charge in [-0.2, -0.15) is 0 Å². The van der Waals surface area contributed by atoms with E-state index in [1.54, 1.807) is 6.20 Å². The third-order valence-corrected chi connectivity index (χ3v) is 4.50. The van der Waals surface area contributed by atoms with Gasteiger partial charge in [0.25, 0.3) is 5.91 Å². The highest BCUT2D eigenvalue weighted by atomic mass is 16.2. The first-order valence-corrected chi connectivity index (χ1v) is 7.20. The molecule has 1 amide bonds. The summed E-state index contributed by atoms with van der Waals surface area (Å²) in [4.78, 5) is 20.8. The summed E-state index contributed by atoms with van der Waals surface area (Å²) in [6, 6.07) is 4.09. The molecule has 1 aliphatic rings. The molecule has 0 spiro atoms. The molecule has 0 bridgehead atoms. The van der Waals surface area contributed by atoms with Crippen molar-refractivity contribution >= 4 is 5.91 Å². The summed E-state index contributed by atoms with van der Waals surface area (Å²) in [5.41, 5.74) is 1.96. The molecule has 1 aromatic heterocycles. The first-order valence-electron chi connectivity index (χ1n) is 7.20. The molecule has 1 heterocycles. The maximum absolute atomic E-state index is 12.5. The van der Waals surface area contributed by atoms with Gasteiger partial charge in [0, 0.05) is 25.8 Å². The second-order valence-corrected chi connectivity index (χ2v) is 6.52. The topological polar surface area (TPSA) is 36.4 Å². The molecule has 0 aliphatic heterocycles. The Morgan fingerprint density at radius 2 is 2.00 bits per heavy atom. The van der Waals surface area contributed by atoms with E-state index in [9.17, 15) is 4.79 Å². The Hall–Kier alpha value is -1.42. The fourth-order valence-corrected chi connectivity index (χ4v) is 2.43. The van der Waals surface area contributed by atoms with E-state index in [2.05, 4.69) is 23.7 Å². The van der Waals surface area contributed by atoms with Crippen LogP contribution in [0.5, 0.6) is 0 Å². The van der Waals surface area contributed by atoms with Gasteiger partial charge in [0.15, 0.2) is 0 Å². The molecule has 2 rings (SSSR count). The number of aromatic nitrogens is 1. The molecule has 20 heavy (non-hydrogen) atoms. The molecule has 1 fully saturated rings. The van der Waals surface area contributed by atoms with Crippen molar-refractivity contribution in [3.8, 4) is 0 Å². The Labute approximate surface area is 121 Å². The minimum Gasteiger partial charge on any atom is -0.338 e. The van der Waals surface area contributed by atoms with Crippen molar-refractivity contribution in [2.75, 3.05) is 21.1 Å². The smallest absolute Gasteiger partial charge is 0.255 e. The van der Waals surface area contributed by atoms with Crippen molar-refractivity contribution in [3.63, 3.8) is 0 Å². The zero-order valence-electron chi connectivity index (χ0n) is 13.2. The average molecular weight is 275 g/mol. The van der Waals surface area contributed by atoms with Gasteiger partial charge in [-0.25, -0.2) is 0 Å². The summed E-state index contributed by atoms with van der Waals surface area (Å²) >= 11 is 0. The van der Waals surface area contributed by atoms with Gasteiger partial charge in [-0.15, -0.1) is 0 Å². The molecule has 4 heteroatoms. The van der Waals surface area contributed by atoms with Crippen LogP contribution in [0.1, 0.15) is 42.7 Å². The Morgan fingerprint density at radius 3 is 2.45 bits per heavy atom. The fourth-order valence-electron chi connectivity index (χ4n) is 2.43. The van der Waals surface area contributed by atoms with E-state index in [0.717, 1.165) is 12.2 Å². The molecule has 110 valence electrons. The quantitative estimate of drug-likeness (QED) is 0.828. The molecule has 4 nitrogen and oxygen atoms in total. The summed E-state index contributed by atoms with van der Waals surface area (Å²) < 4.78 is 0. The van der Waals surface area contributed by atoms with Gasteiger partial charge >= 0.3 is 0 Å². The molecular weight excluding hydrogens is 250 g/mol. The van der Waals surface area contributed by atoms with E-state index in [0.29, 0.717) is 11.0 Å². The van der Waals surface area contributed by atoms with E-state index in [1.807, 2.05) is 38.2 Å². The number of carbonyl (C=O) groups is 1. The van der Waals surface area contributed by atoms with Crippen LogP contribution in [0.3, 0.4) is 0 Å². The lowest BCUT2D eigenvalue weighted by molar-refractivity contribution is 0.0684. The lowest BCUT2D eigenvalue weighted by atomic mass is 9.99. The molecule has 1 unspecified atom stereocenters. The van der Waals surface area contributed by atoms with Gasteiger partial charge in [0.2, 0.25) is 0 Å². The Balaban J connectivity index is 2.05. The fraction of sp³-hybridized carbons (Fsp3) is 0.625. The van der Waals surface area contributed by atoms with E-state index in [-0.39, 0.29) is 11.9 Å². The molecule has 0 aromatic carbocycles. The standard InChI is InChI=1S/C16H25N3O/c1-12(16(2)8-9-16)19(5)15(20)13-6-7-14(17-10-13)11-18(3)4/h6-7,10,12H,8-9,11H2,1-5H3. The Bertz CT molecular complexity index is 477. The summed E-state index contributed by atoms with van der Waals surface area (Å²) in [6.07, 6.45) is 4.12. The third-order valence-electron chi connectivity index (χ3n) is 4.50. The van der Waals surface area contributed by atoms with Crippen molar-refractivity contribution < 1.29 is 4.79 Å². The Kier molecular flexibility index (Phi) is 4.14. The number of amides is 1. The van der Waals surface area contributed by atoms with Crippen LogP contribution in [-0.2, 0) is 6.54 Å². The minimum atomic E-state index is 0.0644. The van der Waals surface area contributed by atoms with Gasteiger partial charge in [-0.1, -0.05) is 6.92 Å². The van der Waals surface area contributed by atoms with Crippen LogP contribution in [0, 0.1) is 5.41 Å². The predicted molar refractivity (Wildman–Crippen MR) is 80.5 cm³/mol. The molecule has 1 aromatic rings.